The molecule has 0 aliphatic heterocycles. The van der Waals surface area contributed by atoms with Gasteiger partial charge in [-0.05, 0) is 18.8 Å². The minimum absolute atomic E-state index is 0.0454. The fourth-order valence-corrected chi connectivity index (χ4v) is 2.66. The zero-order valence-corrected chi connectivity index (χ0v) is 11.5. The quantitative estimate of drug-likeness (QED) is 0.253. The number of nitrogens with zero attached hydrogens (tertiary/aromatic N) is 2. The van der Waals surface area contributed by atoms with Crippen LogP contribution in [0.1, 0.15) is 19.8 Å². The molecule has 0 saturated heterocycles. The first kappa shape index (κ1) is 15.7. The fourth-order valence-electron chi connectivity index (χ4n) is 2.66. The van der Waals surface area contributed by atoms with E-state index in [0.717, 1.165) is 0 Å². The minimum atomic E-state index is -0.920. The van der Waals surface area contributed by atoms with Crippen molar-refractivity contribution in [2.75, 3.05) is 33.4 Å². The van der Waals surface area contributed by atoms with Crippen LogP contribution in [-0.4, -0.2) is 60.4 Å². The number of aliphatic hydroxyl groups is 1. The molecule has 0 radical (unpaired) electrons. The molecule has 1 saturated carbocycles. The average Bonchev–Trinajstić information content (AvgIpc) is 2.37. The first-order valence-corrected chi connectivity index (χ1v) is 6.39. The third-order valence-corrected chi connectivity index (χ3v) is 3.62. The van der Waals surface area contributed by atoms with Crippen molar-refractivity contribution in [3.05, 3.63) is 0 Å². The van der Waals surface area contributed by atoms with Crippen LogP contribution in [0.3, 0.4) is 0 Å². The standard InChI is InChI=1S/C12H23N3O4/c1-9-7-12(8-9,10(13)14-18)11(17)15(3-5-16)4-6-19-2/h9,16,18H,3-8H2,1-2H3,(H2,13,14). The molecule has 0 aromatic heterocycles. The number of amides is 1. The van der Waals surface area contributed by atoms with Gasteiger partial charge in [0.05, 0.1) is 13.2 Å². The van der Waals surface area contributed by atoms with Gasteiger partial charge >= 0.3 is 0 Å². The lowest BCUT2D eigenvalue weighted by Crippen LogP contribution is -2.58. The molecule has 0 heterocycles. The Hall–Kier alpha value is -1.34. The lowest BCUT2D eigenvalue weighted by molar-refractivity contribution is -0.145. The first-order valence-electron chi connectivity index (χ1n) is 6.39. The van der Waals surface area contributed by atoms with Gasteiger partial charge in [-0.3, -0.25) is 4.79 Å². The summed E-state index contributed by atoms with van der Waals surface area (Å²) in [5, 5.41) is 20.9. The van der Waals surface area contributed by atoms with Crippen LogP contribution < -0.4 is 5.73 Å². The second kappa shape index (κ2) is 6.72. The van der Waals surface area contributed by atoms with Crippen LogP contribution in [-0.2, 0) is 9.53 Å². The van der Waals surface area contributed by atoms with Crippen LogP contribution in [0.25, 0.3) is 0 Å². The van der Waals surface area contributed by atoms with Gasteiger partial charge in [-0.15, -0.1) is 0 Å². The van der Waals surface area contributed by atoms with E-state index in [4.69, 9.17) is 20.8 Å². The number of aliphatic hydroxyl groups excluding tert-OH is 1. The second-order valence-corrected chi connectivity index (χ2v) is 5.09. The second-order valence-electron chi connectivity index (χ2n) is 5.09. The molecule has 0 aromatic rings. The lowest BCUT2D eigenvalue weighted by atomic mass is 9.61. The monoisotopic (exact) mass is 273 g/mol. The summed E-state index contributed by atoms with van der Waals surface area (Å²) in [6.07, 6.45) is 1.13. The van der Waals surface area contributed by atoms with Gasteiger partial charge in [0.1, 0.15) is 5.41 Å². The van der Waals surface area contributed by atoms with Gasteiger partial charge in [-0.25, -0.2) is 0 Å². The van der Waals surface area contributed by atoms with Gasteiger partial charge in [-0.2, -0.15) is 0 Å². The van der Waals surface area contributed by atoms with E-state index in [0.29, 0.717) is 31.9 Å². The zero-order chi connectivity index (χ0) is 14.5. The van der Waals surface area contributed by atoms with E-state index in [9.17, 15) is 4.79 Å². The maximum Gasteiger partial charge on any atom is 0.236 e. The third kappa shape index (κ3) is 3.16. The number of oxime groups is 1. The van der Waals surface area contributed by atoms with Gasteiger partial charge in [0, 0.05) is 20.2 Å². The van der Waals surface area contributed by atoms with Crippen molar-refractivity contribution >= 4 is 11.7 Å². The van der Waals surface area contributed by atoms with Crippen molar-refractivity contribution in [3.63, 3.8) is 0 Å². The van der Waals surface area contributed by atoms with Gasteiger partial charge in [0.2, 0.25) is 5.91 Å². The van der Waals surface area contributed by atoms with Gasteiger partial charge < -0.3 is 25.7 Å². The van der Waals surface area contributed by atoms with Crippen molar-refractivity contribution < 1.29 is 19.8 Å². The number of nitrogens with two attached hydrogens (primary N) is 1. The van der Waals surface area contributed by atoms with Gasteiger partial charge in [0.25, 0.3) is 0 Å². The summed E-state index contributed by atoms with van der Waals surface area (Å²) in [5.41, 5.74) is 4.78. The van der Waals surface area contributed by atoms with E-state index in [-0.39, 0.29) is 24.9 Å². The van der Waals surface area contributed by atoms with Crippen LogP contribution >= 0.6 is 0 Å². The predicted octanol–water partition coefficient (Wildman–Crippen LogP) is -0.384. The largest absolute Gasteiger partial charge is 0.409 e. The molecule has 1 aliphatic carbocycles. The highest BCUT2D eigenvalue weighted by Crippen LogP contribution is 2.47. The highest BCUT2D eigenvalue weighted by Gasteiger charge is 2.53. The number of hydrogen-bond donors (Lipinski definition) is 3. The Morgan fingerprint density at radius 1 is 1.53 bits per heavy atom. The number of hydrogen-bond acceptors (Lipinski definition) is 5. The van der Waals surface area contributed by atoms with Crippen LogP contribution in [0, 0.1) is 11.3 Å². The maximum atomic E-state index is 12.6. The maximum absolute atomic E-state index is 12.6. The summed E-state index contributed by atoms with van der Waals surface area (Å²) in [5.74, 6) is 0.116. The molecule has 0 spiro atoms. The number of rotatable bonds is 7. The van der Waals surface area contributed by atoms with E-state index in [1.807, 2.05) is 6.92 Å². The van der Waals surface area contributed by atoms with Crippen molar-refractivity contribution in [1.29, 1.82) is 0 Å². The molecule has 0 unspecified atom stereocenters. The molecular weight excluding hydrogens is 250 g/mol. The molecule has 7 nitrogen and oxygen atoms in total. The first-order chi connectivity index (χ1) is 9.01. The topological polar surface area (TPSA) is 108 Å². The summed E-state index contributed by atoms with van der Waals surface area (Å²) >= 11 is 0. The third-order valence-electron chi connectivity index (χ3n) is 3.62. The molecule has 0 bridgehead atoms. The Kier molecular flexibility index (Phi) is 5.56. The SMILES string of the molecule is COCCN(CCO)C(=O)C1(C(N)=NO)CC(C)C1. The minimum Gasteiger partial charge on any atom is -0.409 e. The Morgan fingerprint density at radius 2 is 2.16 bits per heavy atom. The van der Waals surface area contributed by atoms with Gasteiger partial charge in [-0.1, -0.05) is 12.1 Å². The summed E-state index contributed by atoms with van der Waals surface area (Å²) in [6, 6.07) is 0. The normalized spacial score (nSPS) is 26.9. The highest BCUT2D eigenvalue weighted by molar-refractivity contribution is 6.07. The average molecular weight is 273 g/mol. The predicted molar refractivity (Wildman–Crippen MR) is 69.8 cm³/mol. The smallest absolute Gasteiger partial charge is 0.236 e. The number of amidine groups is 1. The Bertz CT molecular complexity index is 340. The fraction of sp³-hybridized carbons (Fsp3) is 0.833. The summed E-state index contributed by atoms with van der Waals surface area (Å²) < 4.78 is 4.95. The number of ether oxygens (including phenoxy) is 1. The number of carbonyl (C=O) groups excluding carboxylic acids is 1. The molecule has 1 rings (SSSR count). The molecule has 0 aromatic carbocycles. The van der Waals surface area contributed by atoms with E-state index in [2.05, 4.69) is 5.16 Å². The van der Waals surface area contributed by atoms with Crippen molar-refractivity contribution in [1.82, 2.24) is 4.90 Å². The van der Waals surface area contributed by atoms with Crippen LogP contribution in [0.15, 0.2) is 5.16 Å². The van der Waals surface area contributed by atoms with Crippen LogP contribution in [0.2, 0.25) is 0 Å². The molecule has 1 fully saturated rings. The van der Waals surface area contributed by atoms with Crippen LogP contribution in [0.4, 0.5) is 0 Å². The number of methoxy groups -OCH3 is 1. The Labute approximate surface area is 113 Å². The van der Waals surface area contributed by atoms with Crippen molar-refractivity contribution in [3.8, 4) is 0 Å². The molecule has 110 valence electrons. The molecule has 4 N–H and O–H groups in total. The van der Waals surface area contributed by atoms with E-state index < -0.39 is 5.41 Å². The molecule has 0 atom stereocenters. The van der Waals surface area contributed by atoms with Gasteiger partial charge in [0.15, 0.2) is 5.84 Å². The molecule has 7 heteroatoms. The highest BCUT2D eigenvalue weighted by atomic mass is 16.5. The van der Waals surface area contributed by atoms with E-state index in [1.165, 1.54) is 4.90 Å². The van der Waals surface area contributed by atoms with Crippen molar-refractivity contribution in [2.24, 2.45) is 22.2 Å². The Morgan fingerprint density at radius 3 is 2.58 bits per heavy atom. The molecular formula is C12H23N3O4. The summed E-state index contributed by atoms with van der Waals surface area (Å²) in [4.78, 5) is 14.1. The summed E-state index contributed by atoms with van der Waals surface area (Å²) in [6.45, 7) is 2.87. The van der Waals surface area contributed by atoms with Crippen molar-refractivity contribution in [2.45, 2.75) is 19.8 Å². The lowest BCUT2D eigenvalue weighted by Gasteiger charge is -2.46. The zero-order valence-electron chi connectivity index (χ0n) is 11.5. The molecule has 1 aliphatic rings. The Balaban J connectivity index is 2.85. The van der Waals surface area contributed by atoms with Crippen LogP contribution in [0.5, 0.6) is 0 Å². The number of carbonyl (C=O) groups is 1. The van der Waals surface area contributed by atoms with E-state index >= 15 is 0 Å². The van der Waals surface area contributed by atoms with E-state index in [1.54, 1.807) is 7.11 Å². The molecule has 1 amide bonds. The summed E-state index contributed by atoms with van der Waals surface area (Å²) in [7, 11) is 1.55. The molecule has 19 heavy (non-hydrogen) atoms.